The van der Waals surface area contributed by atoms with Crippen LogP contribution < -0.4 is 5.32 Å². The first-order valence-electron chi connectivity index (χ1n) is 7.70. The molecule has 0 bridgehead atoms. The molecule has 20 heavy (non-hydrogen) atoms. The van der Waals surface area contributed by atoms with Gasteiger partial charge in [0, 0.05) is 23.5 Å². The summed E-state index contributed by atoms with van der Waals surface area (Å²) in [7, 11) is 2.22. The van der Waals surface area contributed by atoms with Crippen LogP contribution in [0.4, 0.5) is 0 Å². The summed E-state index contributed by atoms with van der Waals surface area (Å²) in [5, 5.41) is 4.73. The highest BCUT2D eigenvalue weighted by molar-refractivity contribution is 5.82. The lowest BCUT2D eigenvalue weighted by molar-refractivity contribution is 0.313. The van der Waals surface area contributed by atoms with Crippen molar-refractivity contribution in [3.8, 4) is 0 Å². The molecule has 1 aromatic carbocycles. The van der Waals surface area contributed by atoms with Crippen molar-refractivity contribution in [2.24, 2.45) is 0 Å². The second kappa shape index (κ2) is 5.98. The number of fused-ring (bicyclic) bond motifs is 1. The summed E-state index contributed by atoms with van der Waals surface area (Å²) in [5.41, 5.74) is 2.37. The van der Waals surface area contributed by atoms with Gasteiger partial charge in [-0.15, -0.1) is 0 Å². The summed E-state index contributed by atoms with van der Waals surface area (Å²) in [6.07, 6.45) is 3.84. The maximum atomic E-state index is 6.06. The van der Waals surface area contributed by atoms with E-state index in [0.717, 1.165) is 43.4 Å². The van der Waals surface area contributed by atoms with Crippen molar-refractivity contribution in [2.75, 3.05) is 13.6 Å². The molecule has 0 atom stereocenters. The van der Waals surface area contributed by atoms with E-state index in [4.69, 9.17) is 4.42 Å². The van der Waals surface area contributed by atoms with Crippen LogP contribution in [-0.4, -0.2) is 24.5 Å². The normalized spacial score (nSPS) is 15.3. The lowest BCUT2D eigenvalue weighted by Gasteiger charge is -2.16. The van der Waals surface area contributed by atoms with E-state index >= 15 is 0 Å². The molecular formula is C17H24N2O. The van der Waals surface area contributed by atoms with Crippen molar-refractivity contribution in [3.05, 3.63) is 35.6 Å². The number of furan rings is 1. The number of para-hydroxylation sites is 1. The molecule has 0 aliphatic heterocycles. The van der Waals surface area contributed by atoms with Gasteiger partial charge in [-0.1, -0.05) is 25.1 Å². The molecule has 3 heteroatoms. The lowest BCUT2D eigenvalue weighted by Crippen LogP contribution is -2.21. The Morgan fingerprint density at radius 2 is 2.10 bits per heavy atom. The van der Waals surface area contributed by atoms with Crippen LogP contribution in [0.15, 0.2) is 28.7 Å². The second-order valence-corrected chi connectivity index (χ2v) is 5.82. The molecule has 3 nitrogen and oxygen atoms in total. The molecular weight excluding hydrogens is 248 g/mol. The van der Waals surface area contributed by atoms with E-state index in [-0.39, 0.29) is 0 Å². The second-order valence-electron chi connectivity index (χ2n) is 5.82. The predicted octanol–water partition coefficient (Wildman–Crippen LogP) is 3.53. The molecule has 0 spiro atoms. The van der Waals surface area contributed by atoms with Crippen molar-refractivity contribution >= 4 is 11.0 Å². The van der Waals surface area contributed by atoms with E-state index in [1.165, 1.54) is 23.8 Å². The van der Waals surface area contributed by atoms with Crippen LogP contribution in [0.25, 0.3) is 11.0 Å². The number of benzene rings is 1. The molecule has 1 aromatic heterocycles. The fraction of sp³-hybridized carbons (Fsp3) is 0.529. The summed E-state index contributed by atoms with van der Waals surface area (Å²) in [6.45, 7) is 5.05. The summed E-state index contributed by atoms with van der Waals surface area (Å²) in [4.78, 5) is 2.46. The van der Waals surface area contributed by atoms with E-state index in [0.29, 0.717) is 0 Å². The van der Waals surface area contributed by atoms with Crippen LogP contribution in [0, 0.1) is 0 Å². The summed E-state index contributed by atoms with van der Waals surface area (Å²) < 4.78 is 6.06. The highest BCUT2D eigenvalue weighted by atomic mass is 16.3. The Balaban J connectivity index is 1.86. The van der Waals surface area contributed by atoms with E-state index in [1.807, 2.05) is 6.07 Å². The first-order valence-corrected chi connectivity index (χ1v) is 7.70. The van der Waals surface area contributed by atoms with Gasteiger partial charge in [0.1, 0.15) is 11.3 Å². The van der Waals surface area contributed by atoms with E-state index in [2.05, 4.69) is 42.4 Å². The van der Waals surface area contributed by atoms with Gasteiger partial charge in [0.2, 0.25) is 0 Å². The standard InChI is InChI=1S/C17H24N2O/c1-3-10-18-11-17-15(12-19(2)13-8-9-13)14-6-4-5-7-16(14)20-17/h4-7,13,18H,3,8-12H2,1-2H3. The fourth-order valence-electron chi connectivity index (χ4n) is 2.74. The Hall–Kier alpha value is -1.32. The molecule has 1 heterocycles. The van der Waals surface area contributed by atoms with Gasteiger partial charge < -0.3 is 9.73 Å². The maximum absolute atomic E-state index is 6.06. The molecule has 2 aromatic rings. The van der Waals surface area contributed by atoms with E-state index < -0.39 is 0 Å². The molecule has 0 saturated heterocycles. The maximum Gasteiger partial charge on any atom is 0.134 e. The first kappa shape index (κ1) is 13.7. The number of nitrogens with zero attached hydrogens (tertiary/aromatic N) is 1. The third-order valence-corrected chi connectivity index (χ3v) is 4.07. The molecule has 1 saturated carbocycles. The topological polar surface area (TPSA) is 28.4 Å². The quantitative estimate of drug-likeness (QED) is 0.782. The van der Waals surface area contributed by atoms with Gasteiger partial charge in [0.15, 0.2) is 0 Å². The molecule has 1 fully saturated rings. The van der Waals surface area contributed by atoms with E-state index in [9.17, 15) is 0 Å². The Kier molecular flexibility index (Phi) is 4.08. The third kappa shape index (κ3) is 2.89. The van der Waals surface area contributed by atoms with Gasteiger partial charge in [-0.2, -0.15) is 0 Å². The molecule has 0 amide bonds. The zero-order valence-electron chi connectivity index (χ0n) is 12.5. The molecule has 0 unspecified atom stereocenters. The zero-order chi connectivity index (χ0) is 13.9. The minimum atomic E-state index is 0.778. The number of hydrogen-bond donors (Lipinski definition) is 1. The van der Waals surface area contributed by atoms with Gasteiger partial charge in [-0.05, 0) is 38.9 Å². The molecule has 1 aliphatic rings. The third-order valence-electron chi connectivity index (χ3n) is 4.07. The molecule has 1 N–H and O–H groups in total. The number of nitrogens with one attached hydrogen (secondary N) is 1. The molecule has 1 aliphatic carbocycles. The summed E-state index contributed by atoms with van der Waals surface area (Å²) in [6, 6.07) is 9.17. The number of rotatable bonds is 7. The minimum Gasteiger partial charge on any atom is -0.459 e. The smallest absolute Gasteiger partial charge is 0.134 e. The highest BCUT2D eigenvalue weighted by Crippen LogP contribution is 2.31. The van der Waals surface area contributed by atoms with Crippen LogP contribution in [-0.2, 0) is 13.1 Å². The van der Waals surface area contributed by atoms with Crippen molar-refractivity contribution in [1.29, 1.82) is 0 Å². The minimum absolute atomic E-state index is 0.778. The summed E-state index contributed by atoms with van der Waals surface area (Å²) >= 11 is 0. The van der Waals surface area contributed by atoms with Crippen LogP contribution in [0.1, 0.15) is 37.5 Å². The van der Waals surface area contributed by atoms with Crippen LogP contribution in [0.2, 0.25) is 0 Å². The molecule has 108 valence electrons. The van der Waals surface area contributed by atoms with Gasteiger partial charge in [-0.3, -0.25) is 4.90 Å². The van der Waals surface area contributed by atoms with Crippen molar-refractivity contribution in [1.82, 2.24) is 10.2 Å². The van der Waals surface area contributed by atoms with Gasteiger partial charge >= 0.3 is 0 Å². The van der Waals surface area contributed by atoms with Gasteiger partial charge in [0.25, 0.3) is 0 Å². The van der Waals surface area contributed by atoms with E-state index in [1.54, 1.807) is 0 Å². The fourth-order valence-corrected chi connectivity index (χ4v) is 2.74. The highest BCUT2D eigenvalue weighted by Gasteiger charge is 2.27. The van der Waals surface area contributed by atoms with Crippen molar-refractivity contribution < 1.29 is 4.42 Å². The predicted molar refractivity (Wildman–Crippen MR) is 82.7 cm³/mol. The SMILES string of the molecule is CCCNCc1oc2ccccc2c1CN(C)C1CC1. The Morgan fingerprint density at radius 1 is 1.30 bits per heavy atom. The molecule has 0 radical (unpaired) electrons. The average Bonchev–Trinajstić information content (AvgIpc) is 3.25. The Morgan fingerprint density at radius 3 is 2.85 bits per heavy atom. The van der Waals surface area contributed by atoms with Crippen LogP contribution >= 0.6 is 0 Å². The van der Waals surface area contributed by atoms with Crippen molar-refractivity contribution in [2.45, 2.75) is 45.3 Å². The van der Waals surface area contributed by atoms with Crippen molar-refractivity contribution in [3.63, 3.8) is 0 Å². The zero-order valence-corrected chi connectivity index (χ0v) is 12.5. The monoisotopic (exact) mass is 272 g/mol. The first-order chi connectivity index (χ1) is 9.79. The molecule has 3 rings (SSSR count). The van der Waals surface area contributed by atoms with Crippen LogP contribution in [0.5, 0.6) is 0 Å². The Bertz CT molecular complexity index is 571. The largest absolute Gasteiger partial charge is 0.459 e. The Labute approximate surface area is 120 Å². The van der Waals surface area contributed by atoms with Gasteiger partial charge in [0.05, 0.1) is 6.54 Å². The lowest BCUT2D eigenvalue weighted by atomic mass is 10.1. The van der Waals surface area contributed by atoms with Crippen LogP contribution in [0.3, 0.4) is 0 Å². The number of hydrogen-bond acceptors (Lipinski definition) is 3. The summed E-state index contributed by atoms with van der Waals surface area (Å²) in [5.74, 6) is 1.10. The average molecular weight is 272 g/mol. The van der Waals surface area contributed by atoms with Gasteiger partial charge in [-0.25, -0.2) is 0 Å².